The first-order chi connectivity index (χ1) is 7.27. The maximum Gasteiger partial charge on any atom is 0.0268 e. The number of halogens is 1. The molecule has 1 saturated carbocycles. The predicted molar refractivity (Wildman–Crippen MR) is 68.2 cm³/mol. The average molecular weight is 273 g/mol. The van der Waals surface area contributed by atoms with Crippen LogP contribution in [0.3, 0.4) is 0 Å². The third-order valence-corrected chi connectivity index (χ3v) is 4.02. The lowest BCUT2D eigenvalue weighted by Crippen LogP contribution is -2.42. The minimum Gasteiger partial charge on any atom is -0.314 e. The molecular weight excluding hydrogens is 252 g/mol. The summed E-state index contributed by atoms with van der Waals surface area (Å²) in [5.74, 6) is 0.847. The van der Waals surface area contributed by atoms with Crippen LogP contribution in [-0.4, -0.2) is 25.2 Å². The molecule has 1 aliphatic carbocycles. The number of hydrogen-bond donors (Lipinski definition) is 2. The molecule has 0 aromatic heterocycles. The number of nitrogens with one attached hydrogen (secondary N) is 2. The van der Waals surface area contributed by atoms with E-state index in [9.17, 15) is 0 Å². The fraction of sp³-hybridized carbons (Fsp3) is 0.833. The molecule has 0 aromatic carbocycles. The Hall–Kier alpha value is 0.140. The van der Waals surface area contributed by atoms with Gasteiger partial charge in [0, 0.05) is 23.1 Å². The Labute approximate surface area is 101 Å². The van der Waals surface area contributed by atoms with Gasteiger partial charge in [-0.1, -0.05) is 28.9 Å². The zero-order chi connectivity index (χ0) is 10.7. The summed E-state index contributed by atoms with van der Waals surface area (Å²) in [7, 11) is 0. The van der Waals surface area contributed by atoms with Crippen molar-refractivity contribution in [3.05, 3.63) is 11.1 Å². The van der Waals surface area contributed by atoms with Gasteiger partial charge < -0.3 is 10.6 Å². The van der Waals surface area contributed by atoms with E-state index in [1.807, 2.05) is 0 Å². The lowest BCUT2D eigenvalue weighted by molar-refractivity contribution is 0.327. The van der Waals surface area contributed by atoms with Gasteiger partial charge in [0.15, 0.2) is 0 Å². The van der Waals surface area contributed by atoms with E-state index in [4.69, 9.17) is 0 Å². The SMILES string of the molecule is C=C(Br)CNC1CCCC1C1CCCN1. The Kier molecular flexibility index (Phi) is 4.23. The molecular formula is C12H21BrN2. The summed E-state index contributed by atoms with van der Waals surface area (Å²) in [6.45, 7) is 6.01. The highest BCUT2D eigenvalue weighted by atomic mass is 79.9. The maximum absolute atomic E-state index is 3.88. The molecule has 3 atom stereocenters. The Morgan fingerprint density at radius 3 is 2.87 bits per heavy atom. The van der Waals surface area contributed by atoms with Crippen LogP contribution in [0.4, 0.5) is 0 Å². The molecule has 0 spiro atoms. The smallest absolute Gasteiger partial charge is 0.0268 e. The van der Waals surface area contributed by atoms with E-state index in [0.29, 0.717) is 6.04 Å². The molecule has 2 nitrogen and oxygen atoms in total. The van der Waals surface area contributed by atoms with Crippen LogP contribution < -0.4 is 10.6 Å². The first kappa shape index (κ1) is 11.6. The first-order valence-electron chi connectivity index (χ1n) is 6.07. The molecule has 2 aliphatic rings. The molecule has 0 bridgehead atoms. The van der Waals surface area contributed by atoms with Crippen LogP contribution in [0.25, 0.3) is 0 Å². The van der Waals surface area contributed by atoms with Crippen LogP contribution in [0.1, 0.15) is 32.1 Å². The molecule has 1 aliphatic heterocycles. The Balaban J connectivity index is 1.84. The number of rotatable bonds is 4. The lowest BCUT2D eigenvalue weighted by Gasteiger charge is -2.26. The summed E-state index contributed by atoms with van der Waals surface area (Å²) in [5.41, 5.74) is 0. The van der Waals surface area contributed by atoms with E-state index in [-0.39, 0.29) is 0 Å². The Morgan fingerprint density at radius 2 is 2.20 bits per heavy atom. The van der Waals surface area contributed by atoms with Crippen molar-refractivity contribution in [2.45, 2.75) is 44.2 Å². The largest absolute Gasteiger partial charge is 0.314 e. The molecule has 1 saturated heterocycles. The summed E-state index contributed by atoms with van der Waals surface area (Å²) in [6.07, 6.45) is 6.85. The summed E-state index contributed by atoms with van der Waals surface area (Å²) >= 11 is 3.41. The van der Waals surface area contributed by atoms with Crippen molar-refractivity contribution in [2.75, 3.05) is 13.1 Å². The topological polar surface area (TPSA) is 24.1 Å². The van der Waals surface area contributed by atoms with E-state index in [1.165, 1.54) is 38.6 Å². The van der Waals surface area contributed by atoms with Crippen molar-refractivity contribution in [3.8, 4) is 0 Å². The summed E-state index contributed by atoms with van der Waals surface area (Å²) in [6, 6.07) is 1.48. The second-order valence-electron chi connectivity index (χ2n) is 4.80. The minimum atomic E-state index is 0.704. The van der Waals surface area contributed by atoms with Gasteiger partial charge in [-0.25, -0.2) is 0 Å². The quantitative estimate of drug-likeness (QED) is 0.822. The lowest BCUT2D eigenvalue weighted by atomic mass is 9.93. The van der Waals surface area contributed by atoms with Crippen LogP contribution in [0, 0.1) is 5.92 Å². The minimum absolute atomic E-state index is 0.704. The molecule has 86 valence electrons. The third-order valence-electron chi connectivity index (χ3n) is 3.74. The van der Waals surface area contributed by atoms with Crippen LogP contribution in [0.5, 0.6) is 0 Å². The zero-order valence-corrected chi connectivity index (χ0v) is 10.9. The van der Waals surface area contributed by atoms with Gasteiger partial charge in [-0.15, -0.1) is 0 Å². The highest BCUT2D eigenvalue weighted by Crippen LogP contribution is 2.31. The second-order valence-corrected chi connectivity index (χ2v) is 5.92. The molecule has 3 unspecified atom stereocenters. The number of hydrogen-bond acceptors (Lipinski definition) is 2. The van der Waals surface area contributed by atoms with Crippen molar-refractivity contribution in [2.24, 2.45) is 5.92 Å². The normalized spacial score (nSPS) is 35.9. The Bertz CT molecular complexity index is 224. The van der Waals surface area contributed by atoms with Crippen LogP contribution in [0.2, 0.25) is 0 Å². The summed E-state index contributed by atoms with van der Waals surface area (Å²) in [5, 5.41) is 7.26. The molecule has 2 rings (SSSR count). The standard InChI is InChI=1S/C12H21BrN2/c1-9(13)8-15-12-5-2-4-10(12)11-6-3-7-14-11/h10-12,14-15H,1-8H2. The van der Waals surface area contributed by atoms with Crippen molar-refractivity contribution in [1.82, 2.24) is 10.6 Å². The predicted octanol–water partition coefficient (Wildman–Crippen LogP) is 2.41. The molecule has 15 heavy (non-hydrogen) atoms. The van der Waals surface area contributed by atoms with Gasteiger partial charge in [-0.05, 0) is 38.1 Å². The fourth-order valence-electron chi connectivity index (χ4n) is 3.04. The molecule has 3 heteroatoms. The average Bonchev–Trinajstić information content (AvgIpc) is 2.85. The van der Waals surface area contributed by atoms with Crippen molar-refractivity contribution < 1.29 is 0 Å². The molecule has 0 aromatic rings. The molecule has 0 radical (unpaired) electrons. The molecule has 0 amide bonds. The van der Waals surface area contributed by atoms with E-state index >= 15 is 0 Å². The van der Waals surface area contributed by atoms with Gasteiger partial charge in [0.25, 0.3) is 0 Å². The monoisotopic (exact) mass is 272 g/mol. The van der Waals surface area contributed by atoms with Gasteiger partial charge in [-0.3, -0.25) is 0 Å². The van der Waals surface area contributed by atoms with Gasteiger partial charge in [-0.2, -0.15) is 0 Å². The highest BCUT2D eigenvalue weighted by Gasteiger charge is 2.34. The molecule has 2 fully saturated rings. The highest BCUT2D eigenvalue weighted by molar-refractivity contribution is 9.11. The Morgan fingerprint density at radius 1 is 1.33 bits per heavy atom. The van der Waals surface area contributed by atoms with Crippen molar-refractivity contribution in [1.29, 1.82) is 0 Å². The van der Waals surface area contributed by atoms with Crippen LogP contribution in [0.15, 0.2) is 11.1 Å². The van der Waals surface area contributed by atoms with E-state index in [2.05, 4.69) is 33.1 Å². The van der Waals surface area contributed by atoms with Crippen LogP contribution in [-0.2, 0) is 0 Å². The van der Waals surface area contributed by atoms with E-state index in [0.717, 1.165) is 23.0 Å². The van der Waals surface area contributed by atoms with Gasteiger partial charge in [0.2, 0.25) is 0 Å². The first-order valence-corrected chi connectivity index (χ1v) is 6.86. The van der Waals surface area contributed by atoms with Gasteiger partial charge >= 0.3 is 0 Å². The van der Waals surface area contributed by atoms with E-state index < -0.39 is 0 Å². The molecule has 1 heterocycles. The fourth-order valence-corrected chi connectivity index (χ4v) is 3.20. The van der Waals surface area contributed by atoms with Crippen molar-refractivity contribution in [3.63, 3.8) is 0 Å². The summed E-state index contributed by atoms with van der Waals surface area (Å²) < 4.78 is 1.06. The van der Waals surface area contributed by atoms with Gasteiger partial charge in [0.05, 0.1) is 0 Å². The zero-order valence-electron chi connectivity index (χ0n) is 9.27. The third kappa shape index (κ3) is 3.05. The van der Waals surface area contributed by atoms with Crippen molar-refractivity contribution >= 4 is 15.9 Å². The van der Waals surface area contributed by atoms with Gasteiger partial charge in [0.1, 0.15) is 0 Å². The van der Waals surface area contributed by atoms with Crippen LogP contribution >= 0.6 is 15.9 Å². The maximum atomic E-state index is 3.88. The van der Waals surface area contributed by atoms with E-state index in [1.54, 1.807) is 0 Å². The second kappa shape index (κ2) is 5.46. The summed E-state index contributed by atoms with van der Waals surface area (Å²) in [4.78, 5) is 0. The molecule has 2 N–H and O–H groups in total.